The number of rotatable bonds is 6. The Labute approximate surface area is 129 Å². The third kappa shape index (κ3) is 4.91. The third-order valence-electron chi connectivity index (χ3n) is 2.60. The lowest BCUT2D eigenvalue weighted by Gasteiger charge is -2.19. The number of hydrogen-bond acceptors (Lipinski definition) is 4. The van der Waals surface area contributed by atoms with Crippen LogP contribution in [-0.2, 0) is 6.54 Å². The Hall–Kier alpha value is -1.79. The second kappa shape index (κ2) is 6.32. The number of hydrogen-bond donors (Lipinski definition) is 2. The van der Waals surface area contributed by atoms with E-state index >= 15 is 0 Å². The number of thiophene rings is 1. The fourth-order valence-electron chi connectivity index (χ4n) is 1.80. The van der Waals surface area contributed by atoms with Crippen LogP contribution in [0, 0.1) is 0 Å². The highest BCUT2D eigenvalue weighted by Crippen LogP contribution is 2.22. The third-order valence-corrected chi connectivity index (χ3v) is 4.52. The van der Waals surface area contributed by atoms with Crippen LogP contribution in [0.2, 0.25) is 19.6 Å². The van der Waals surface area contributed by atoms with Crippen LogP contribution in [0.4, 0.5) is 5.69 Å². The summed E-state index contributed by atoms with van der Waals surface area (Å²) in [6, 6.07) is 11.3. The van der Waals surface area contributed by atoms with E-state index < -0.39 is 14.3 Å². The number of carbonyl (C=O) groups is 1. The maximum absolute atomic E-state index is 10.8. The predicted octanol–water partition coefficient (Wildman–Crippen LogP) is 4.27. The van der Waals surface area contributed by atoms with E-state index in [0.717, 1.165) is 16.3 Å². The first-order chi connectivity index (χ1) is 9.83. The van der Waals surface area contributed by atoms with Gasteiger partial charge in [-0.3, -0.25) is 0 Å². The second-order valence-corrected chi connectivity index (χ2v) is 11.3. The largest absolute Gasteiger partial charge is 0.544 e. The molecule has 0 unspecified atom stereocenters. The van der Waals surface area contributed by atoms with Crippen LogP contribution in [0.25, 0.3) is 0 Å². The summed E-state index contributed by atoms with van der Waals surface area (Å²) in [5.41, 5.74) is 0.969. The minimum absolute atomic E-state index is 0.364. The molecule has 1 heterocycles. The van der Waals surface area contributed by atoms with Crippen molar-refractivity contribution in [3.8, 4) is 5.75 Å². The van der Waals surface area contributed by atoms with E-state index in [9.17, 15) is 4.79 Å². The summed E-state index contributed by atoms with van der Waals surface area (Å²) in [5.74, 6) is -0.00615. The molecule has 0 spiro atoms. The summed E-state index contributed by atoms with van der Waals surface area (Å²) >= 11 is 1.29. The Balaban J connectivity index is 1.99. The Morgan fingerprint density at radius 2 is 2.05 bits per heavy atom. The van der Waals surface area contributed by atoms with Gasteiger partial charge in [-0.05, 0) is 43.9 Å². The maximum Gasteiger partial charge on any atom is 0.345 e. The van der Waals surface area contributed by atoms with E-state index in [1.807, 2.05) is 30.3 Å². The number of nitrogens with one attached hydrogen (secondary N) is 1. The van der Waals surface area contributed by atoms with Crippen LogP contribution in [0.1, 0.15) is 14.5 Å². The normalized spacial score (nSPS) is 11.2. The topological polar surface area (TPSA) is 58.6 Å². The Bertz CT molecular complexity index is 634. The lowest BCUT2D eigenvalue weighted by Crippen LogP contribution is -2.29. The molecule has 0 fully saturated rings. The molecule has 0 saturated heterocycles. The summed E-state index contributed by atoms with van der Waals surface area (Å²) in [4.78, 5) is 12.2. The lowest BCUT2D eigenvalue weighted by atomic mass is 10.3. The van der Waals surface area contributed by atoms with Gasteiger partial charge in [-0.2, -0.15) is 0 Å². The van der Waals surface area contributed by atoms with Gasteiger partial charge in [-0.15, -0.1) is 11.3 Å². The molecule has 112 valence electrons. The standard InChI is InChI=1S/C15H19NO3SSi/c1-21(2,3)19-12-6-4-5-11(9-12)16-10-13-7-8-14(20-13)15(17)18/h4-9,16H,10H2,1-3H3,(H,17,18). The second-order valence-electron chi connectivity index (χ2n) is 5.67. The van der Waals surface area contributed by atoms with Crippen molar-refractivity contribution in [3.05, 3.63) is 46.2 Å². The summed E-state index contributed by atoms with van der Waals surface area (Å²) in [6.45, 7) is 7.04. The van der Waals surface area contributed by atoms with Crippen LogP contribution >= 0.6 is 11.3 Å². The Kier molecular flexibility index (Phi) is 4.69. The van der Waals surface area contributed by atoms with Crippen molar-refractivity contribution < 1.29 is 14.3 Å². The summed E-state index contributed by atoms with van der Waals surface area (Å²) in [6.07, 6.45) is 0. The highest BCUT2D eigenvalue weighted by molar-refractivity contribution is 7.13. The molecule has 0 aliphatic rings. The molecule has 4 nitrogen and oxygen atoms in total. The first kappa shape index (κ1) is 15.6. The van der Waals surface area contributed by atoms with Gasteiger partial charge in [-0.1, -0.05) is 6.07 Å². The molecule has 1 aromatic carbocycles. The maximum atomic E-state index is 10.8. The van der Waals surface area contributed by atoms with Crippen molar-refractivity contribution in [2.24, 2.45) is 0 Å². The molecule has 0 atom stereocenters. The molecule has 0 aliphatic carbocycles. The first-order valence-corrected chi connectivity index (χ1v) is 10.9. The van der Waals surface area contributed by atoms with Gasteiger partial charge in [0.2, 0.25) is 8.32 Å². The van der Waals surface area contributed by atoms with Crippen LogP contribution in [0.15, 0.2) is 36.4 Å². The quantitative estimate of drug-likeness (QED) is 0.780. The zero-order valence-electron chi connectivity index (χ0n) is 12.3. The highest BCUT2D eigenvalue weighted by atomic mass is 32.1. The molecule has 0 saturated carbocycles. The van der Waals surface area contributed by atoms with E-state index in [4.69, 9.17) is 9.53 Å². The van der Waals surface area contributed by atoms with Gasteiger partial charge in [0.25, 0.3) is 0 Å². The monoisotopic (exact) mass is 321 g/mol. The van der Waals surface area contributed by atoms with E-state index in [1.165, 1.54) is 11.3 Å². The molecule has 2 N–H and O–H groups in total. The van der Waals surface area contributed by atoms with Gasteiger partial charge in [0, 0.05) is 23.2 Å². The van der Waals surface area contributed by atoms with Gasteiger partial charge in [-0.25, -0.2) is 4.79 Å². The Morgan fingerprint density at radius 3 is 2.67 bits per heavy atom. The van der Waals surface area contributed by atoms with Gasteiger partial charge in [0.1, 0.15) is 10.6 Å². The van der Waals surface area contributed by atoms with Crippen LogP contribution < -0.4 is 9.74 Å². The van der Waals surface area contributed by atoms with Gasteiger partial charge >= 0.3 is 5.97 Å². The van der Waals surface area contributed by atoms with Gasteiger partial charge < -0.3 is 14.8 Å². The average molecular weight is 321 g/mol. The van der Waals surface area contributed by atoms with E-state index in [-0.39, 0.29) is 0 Å². The number of aromatic carboxylic acids is 1. The molecular formula is C15H19NO3SSi. The van der Waals surface area contributed by atoms with Gasteiger partial charge in [0.15, 0.2) is 0 Å². The molecule has 0 amide bonds. The van der Waals surface area contributed by atoms with Crippen molar-refractivity contribution in [2.45, 2.75) is 26.2 Å². The van der Waals surface area contributed by atoms with Crippen LogP contribution in [-0.4, -0.2) is 19.4 Å². The van der Waals surface area contributed by atoms with E-state index in [2.05, 4.69) is 25.0 Å². The van der Waals surface area contributed by atoms with Crippen molar-refractivity contribution in [1.29, 1.82) is 0 Å². The smallest absolute Gasteiger partial charge is 0.345 e. The number of carboxylic acid groups (broad SMARTS) is 1. The van der Waals surface area contributed by atoms with E-state index in [1.54, 1.807) is 6.07 Å². The zero-order valence-corrected chi connectivity index (χ0v) is 14.2. The van der Waals surface area contributed by atoms with Crippen LogP contribution in [0.5, 0.6) is 5.75 Å². The molecule has 6 heteroatoms. The van der Waals surface area contributed by atoms with Crippen molar-refractivity contribution in [3.63, 3.8) is 0 Å². The molecule has 21 heavy (non-hydrogen) atoms. The fourth-order valence-corrected chi connectivity index (χ4v) is 3.42. The summed E-state index contributed by atoms with van der Waals surface area (Å²) in [5, 5.41) is 12.2. The molecular weight excluding hydrogens is 302 g/mol. The number of benzene rings is 1. The highest BCUT2D eigenvalue weighted by Gasteiger charge is 2.16. The minimum atomic E-state index is -1.61. The molecule has 0 radical (unpaired) electrons. The number of carboxylic acids is 1. The molecule has 0 bridgehead atoms. The zero-order chi connectivity index (χ0) is 15.5. The predicted molar refractivity (Wildman–Crippen MR) is 89.0 cm³/mol. The number of anilines is 1. The summed E-state index contributed by atoms with van der Waals surface area (Å²) in [7, 11) is -1.61. The fraction of sp³-hybridized carbons (Fsp3) is 0.267. The van der Waals surface area contributed by atoms with Gasteiger partial charge in [0.05, 0.1) is 0 Å². The molecule has 1 aromatic heterocycles. The van der Waals surface area contributed by atoms with Crippen LogP contribution in [0.3, 0.4) is 0 Å². The molecule has 0 aliphatic heterocycles. The molecule has 2 aromatic rings. The van der Waals surface area contributed by atoms with E-state index in [0.29, 0.717) is 11.4 Å². The SMILES string of the molecule is C[Si](C)(C)Oc1cccc(NCc2ccc(C(=O)O)s2)c1. The first-order valence-electron chi connectivity index (χ1n) is 6.68. The summed E-state index contributed by atoms with van der Waals surface area (Å²) < 4.78 is 5.95. The lowest BCUT2D eigenvalue weighted by molar-refractivity contribution is 0.0702. The molecule has 2 rings (SSSR count). The Morgan fingerprint density at radius 1 is 1.29 bits per heavy atom. The van der Waals surface area contributed by atoms with Crippen molar-refractivity contribution in [2.75, 3.05) is 5.32 Å². The van der Waals surface area contributed by atoms with Crippen molar-refractivity contribution in [1.82, 2.24) is 0 Å². The average Bonchev–Trinajstić information content (AvgIpc) is 2.83. The van der Waals surface area contributed by atoms with Crippen molar-refractivity contribution >= 4 is 31.3 Å². The minimum Gasteiger partial charge on any atom is -0.544 e.